The van der Waals surface area contributed by atoms with Gasteiger partial charge in [0, 0.05) is 24.2 Å². The first-order chi connectivity index (χ1) is 9.25. The molecule has 0 spiro atoms. The Morgan fingerprint density at radius 1 is 1.42 bits per heavy atom. The van der Waals surface area contributed by atoms with Gasteiger partial charge in [0.2, 0.25) is 0 Å². The van der Waals surface area contributed by atoms with Gasteiger partial charge in [0.05, 0.1) is 4.92 Å². The van der Waals surface area contributed by atoms with Crippen LogP contribution in [0.25, 0.3) is 10.9 Å². The summed E-state index contributed by atoms with van der Waals surface area (Å²) in [6.07, 6.45) is 2.61. The molecule has 1 aliphatic rings. The van der Waals surface area contributed by atoms with Gasteiger partial charge in [-0.3, -0.25) is 10.1 Å². The maximum atomic E-state index is 11.0. The van der Waals surface area contributed by atoms with Crippen LogP contribution in [0.4, 0.5) is 5.69 Å². The van der Waals surface area contributed by atoms with Gasteiger partial charge < -0.3 is 10.1 Å². The second kappa shape index (κ2) is 4.81. The zero-order valence-corrected chi connectivity index (χ0v) is 10.2. The largest absolute Gasteiger partial charge is 0.488 e. The van der Waals surface area contributed by atoms with Crippen LogP contribution in [0, 0.1) is 10.1 Å². The molecule has 1 aliphatic heterocycles. The molecule has 0 bridgehead atoms. The smallest absolute Gasteiger partial charge is 0.295 e. The molecule has 6 heteroatoms. The average Bonchev–Trinajstić information content (AvgIpc) is 2.91. The van der Waals surface area contributed by atoms with E-state index in [0.717, 1.165) is 19.5 Å². The van der Waals surface area contributed by atoms with Crippen LogP contribution in [0.3, 0.4) is 0 Å². The third-order valence-electron chi connectivity index (χ3n) is 3.22. The number of para-hydroxylation sites is 1. The van der Waals surface area contributed by atoms with E-state index in [1.54, 1.807) is 24.4 Å². The molecule has 0 aliphatic carbocycles. The maximum absolute atomic E-state index is 11.0. The third kappa shape index (κ3) is 2.22. The first-order valence-electron chi connectivity index (χ1n) is 6.15. The van der Waals surface area contributed by atoms with Crippen LogP contribution in [0.15, 0.2) is 30.5 Å². The zero-order chi connectivity index (χ0) is 13.2. The van der Waals surface area contributed by atoms with Gasteiger partial charge in [0.1, 0.15) is 11.9 Å². The Morgan fingerprint density at radius 2 is 2.32 bits per heavy atom. The molecule has 1 aromatic carbocycles. The molecule has 3 rings (SSSR count). The Labute approximate surface area is 109 Å². The number of fused-ring (bicyclic) bond motifs is 1. The van der Waals surface area contributed by atoms with E-state index in [2.05, 4.69) is 10.3 Å². The number of ether oxygens (including phenoxy) is 1. The number of benzene rings is 1. The fourth-order valence-corrected chi connectivity index (χ4v) is 2.29. The number of nitro benzene ring substituents is 1. The van der Waals surface area contributed by atoms with Crippen LogP contribution in [-0.2, 0) is 0 Å². The van der Waals surface area contributed by atoms with Gasteiger partial charge in [-0.05, 0) is 25.1 Å². The van der Waals surface area contributed by atoms with Crippen LogP contribution < -0.4 is 10.1 Å². The molecule has 0 saturated carbocycles. The van der Waals surface area contributed by atoms with Crippen molar-refractivity contribution in [3.63, 3.8) is 0 Å². The summed E-state index contributed by atoms with van der Waals surface area (Å²) in [6, 6.07) is 6.66. The lowest BCUT2D eigenvalue weighted by Crippen LogP contribution is -2.19. The second-order valence-corrected chi connectivity index (χ2v) is 4.47. The Morgan fingerprint density at radius 3 is 3.05 bits per heavy atom. The van der Waals surface area contributed by atoms with Crippen molar-refractivity contribution in [2.24, 2.45) is 0 Å². The molecular formula is C13H13N3O3. The Kier molecular flexibility index (Phi) is 3.00. The van der Waals surface area contributed by atoms with Crippen molar-refractivity contribution in [1.29, 1.82) is 0 Å². The summed E-state index contributed by atoms with van der Waals surface area (Å²) in [7, 11) is 0. The number of nitrogens with zero attached hydrogens (tertiary/aromatic N) is 2. The topological polar surface area (TPSA) is 77.3 Å². The van der Waals surface area contributed by atoms with Crippen molar-refractivity contribution < 1.29 is 9.66 Å². The summed E-state index contributed by atoms with van der Waals surface area (Å²) in [5, 5.41) is 14.9. The predicted octanol–water partition coefficient (Wildman–Crippen LogP) is 1.88. The molecule has 19 heavy (non-hydrogen) atoms. The highest BCUT2D eigenvalue weighted by atomic mass is 16.6. The van der Waals surface area contributed by atoms with E-state index in [1.165, 1.54) is 6.07 Å². The van der Waals surface area contributed by atoms with Gasteiger partial charge in [-0.25, -0.2) is 4.98 Å². The first kappa shape index (κ1) is 11.9. The van der Waals surface area contributed by atoms with Gasteiger partial charge in [-0.2, -0.15) is 0 Å². The number of rotatable bonds is 3. The Bertz CT molecular complexity index is 624. The monoisotopic (exact) mass is 259 g/mol. The standard InChI is InChI=1S/C13H13N3O3/c17-16(18)11-3-1-2-10-12(5-7-15-13(10)11)19-9-4-6-14-8-9/h1-3,5,7,9,14H,4,6,8H2. The SMILES string of the molecule is O=[N+]([O-])c1cccc2c(OC3CCNC3)ccnc12. The van der Waals surface area contributed by atoms with Crippen molar-refractivity contribution in [2.45, 2.75) is 12.5 Å². The number of non-ortho nitro benzene ring substituents is 1. The number of nitro groups is 1. The molecule has 0 radical (unpaired) electrons. The van der Waals surface area contributed by atoms with Gasteiger partial charge in [-0.1, -0.05) is 6.07 Å². The van der Waals surface area contributed by atoms with Crippen molar-refractivity contribution in [2.75, 3.05) is 13.1 Å². The number of aromatic nitrogens is 1. The molecule has 0 amide bonds. The van der Waals surface area contributed by atoms with Crippen molar-refractivity contribution in [3.8, 4) is 5.75 Å². The van der Waals surface area contributed by atoms with E-state index >= 15 is 0 Å². The lowest BCUT2D eigenvalue weighted by Gasteiger charge is -2.14. The van der Waals surface area contributed by atoms with E-state index in [4.69, 9.17) is 4.74 Å². The number of hydrogen-bond acceptors (Lipinski definition) is 5. The summed E-state index contributed by atoms with van der Waals surface area (Å²) in [5.41, 5.74) is 0.378. The van der Waals surface area contributed by atoms with Gasteiger partial charge in [0.15, 0.2) is 5.52 Å². The molecular weight excluding hydrogens is 246 g/mol. The van der Waals surface area contributed by atoms with Gasteiger partial charge >= 0.3 is 0 Å². The summed E-state index contributed by atoms with van der Waals surface area (Å²) in [4.78, 5) is 14.7. The highest BCUT2D eigenvalue weighted by Gasteiger charge is 2.19. The fourth-order valence-electron chi connectivity index (χ4n) is 2.29. The molecule has 2 aromatic rings. The lowest BCUT2D eigenvalue weighted by atomic mass is 10.1. The summed E-state index contributed by atoms with van der Waals surface area (Å²) >= 11 is 0. The normalized spacial score (nSPS) is 18.6. The molecule has 1 atom stereocenters. The van der Waals surface area contributed by atoms with Crippen molar-refractivity contribution in [1.82, 2.24) is 10.3 Å². The third-order valence-corrected chi connectivity index (χ3v) is 3.22. The Balaban J connectivity index is 2.05. The molecule has 1 fully saturated rings. The van der Waals surface area contributed by atoms with E-state index < -0.39 is 4.92 Å². The minimum atomic E-state index is -0.420. The number of nitrogens with one attached hydrogen (secondary N) is 1. The van der Waals surface area contributed by atoms with E-state index in [1.807, 2.05) is 0 Å². The van der Waals surface area contributed by atoms with Crippen LogP contribution in [0.1, 0.15) is 6.42 Å². The molecule has 2 heterocycles. The summed E-state index contributed by atoms with van der Waals surface area (Å²) in [5.74, 6) is 0.655. The maximum Gasteiger partial charge on any atom is 0.295 e. The molecule has 1 saturated heterocycles. The van der Waals surface area contributed by atoms with Gasteiger partial charge in [0.25, 0.3) is 5.69 Å². The fraction of sp³-hybridized carbons (Fsp3) is 0.308. The van der Waals surface area contributed by atoms with Gasteiger partial charge in [-0.15, -0.1) is 0 Å². The average molecular weight is 259 g/mol. The van der Waals surface area contributed by atoms with Crippen LogP contribution in [0.5, 0.6) is 5.75 Å². The Hall–Kier alpha value is -2.21. The second-order valence-electron chi connectivity index (χ2n) is 4.47. The van der Waals surface area contributed by atoms with Crippen LogP contribution in [0.2, 0.25) is 0 Å². The van der Waals surface area contributed by atoms with Crippen LogP contribution >= 0.6 is 0 Å². The molecule has 1 N–H and O–H groups in total. The molecule has 1 unspecified atom stereocenters. The molecule has 98 valence electrons. The molecule has 6 nitrogen and oxygen atoms in total. The van der Waals surface area contributed by atoms with Crippen LogP contribution in [-0.4, -0.2) is 29.1 Å². The van der Waals surface area contributed by atoms with E-state index in [-0.39, 0.29) is 11.8 Å². The minimum absolute atomic E-state index is 0.00694. The highest BCUT2D eigenvalue weighted by molar-refractivity contribution is 5.91. The number of hydrogen-bond donors (Lipinski definition) is 1. The lowest BCUT2D eigenvalue weighted by molar-refractivity contribution is -0.383. The quantitative estimate of drug-likeness (QED) is 0.672. The summed E-state index contributed by atoms with van der Waals surface area (Å²) in [6.45, 7) is 1.74. The number of pyridine rings is 1. The minimum Gasteiger partial charge on any atom is -0.488 e. The predicted molar refractivity (Wildman–Crippen MR) is 70.3 cm³/mol. The zero-order valence-electron chi connectivity index (χ0n) is 10.2. The van der Waals surface area contributed by atoms with E-state index in [9.17, 15) is 10.1 Å². The molecule has 1 aromatic heterocycles. The summed E-state index contributed by atoms with van der Waals surface area (Å²) < 4.78 is 5.90. The van der Waals surface area contributed by atoms with Crippen molar-refractivity contribution >= 4 is 16.6 Å². The highest BCUT2D eigenvalue weighted by Crippen LogP contribution is 2.30. The van der Waals surface area contributed by atoms with E-state index in [0.29, 0.717) is 16.7 Å². The van der Waals surface area contributed by atoms with Crippen molar-refractivity contribution in [3.05, 3.63) is 40.6 Å². The first-order valence-corrected chi connectivity index (χ1v) is 6.15.